The van der Waals surface area contributed by atoms with Crippen molar-refractivity contribution in [2.75, 3.05) is 13.2 Å². The molecule has 0 aromatic rings. The Morgan fingerprint density at radius 3 is 0.816 bits per heavy atom. The molecule has 0 aliphatic rings. The zero-order valence-electron chi connectivity index (χ0n) is 50.0. The van der Waals surface area contributed by atoms with Gasteiger partial charge in [-0.05, 0) is 122 Å². The molecule has 6 nitrogen and oxygen atoms in total. The highest BCUT2D eigenvalue weighted by molar-refractivity contribution is 5.71. The van der Waals surface area contributed by atoms with E-state index in [0.29, 0.717) is 19.3 Å². The van der Waals surface area contributed by atoms with E-state index in [1.165, 1.54) is 161 Å². The third-order valence-electron chi connectivity index (χ3n) is 13.8. The number of esters is 3. The van der Waals surface area contributed by atoms with Gasteiger partial charge in [-0.25, -0.2) is 0 Å². The number of unbranched alkanes of at least 4 members (excludes halogenated alkanes) is 31. The number of carbonyl (C=O) groups is 3. The van der Waals surface area contributed by atoms with Crippen molar-refractivity contribution in [1.82, 2.24) is 0 Å². The third kappa shape index (κ3) is 61.2. The van der Waals surface area contributed by atoms with Crippen molar-refractivity contribution < 1.29 is 28.6 Å². The standard InChI is InChI=1S/C70H120O6/c1-4-7-10-13-16-19-22-25-27-29-30-31-32-33-34-35-36-37-38-39-40-42-43-45-48-51-54-57-60-63-69(72)75-66-67(65-74-68(71)62-59-56-53-50-47-24-21-18-15-12-9-6-3)76-70(73)64-61-58-55-52-49-46-44-41-28-26-23-20-17-14-11-8-5-2/h7,10,16-21,25-28,30-31,33-34,67H,4-6,8-9,11-15,22-24,29,32,35-66H2,1-3H3/b10-7-,19-16-,20-17-,21-18-,27-25-,28-26-,31-30-,34-33-. The summed E-state index contributed by atoms with van der Waals surface area (Å²) in [6.45, 7) is 6.48. The predicted molar refractivity (Wildman–Crippen MR) is 330 cm³/mol. The highest BCUT2D eigenvalue weighted by Gasteiger charge is 2.19. The van der Waals surface area contributed by atoms with Gasteiger partial charge in [-0.2, -0.15) is 0 Å². The number of carbonyl (C=O) groups excluding carboxylic acids is 3. The molecule has 0 spiro atoms. The molecule has 0 rings (SSSR count). The highest BCUT2D eigenvalue weighted by atomic mass is 16.6. The molecule has 6 heteroatoms. The number of allylic oxidation sites excluding steroid dienone is 16. The van der Waals surface area contributed by atoms with Gasteiger partial charge in [0.1, 0.15) is 13.2 Å². The average Bonchev–Trinajstić information content (AvgIpc) is 3.42. The molecule has 0 fully saturated rings. The van der Waals surface area contributed by atoms with Gasteiger partial charge in [0.25, 0.3) is 0 Å². The first-order valence-corrected chi connectivity index (χ1v) is 32.2. The Kier molecular flexibility index (Phi) is 60.8. The molecule has 0 saturated heterocycles. The Labute approximate surface area is 470 Å². The maximum absolute atomic E-state index is 12.9. The molecule has 0 heterocycles. The Morgan fingerprint density at radius 2 is 0.513 bits per heavy atom. The molecule has 0 aromatic carbocycles. The minimum Gasteiger partial charge on any atom is -0.462 e. The zero-order chi connectivity index (χ0) is 55.0. The summed E-state index contributed by atoms with van der Waals surface area (Å²) in [7, 11) is 0. The lowest BCUT2D eigenvalue weighted by Crippen LogP contribution is -2.30. The third-order valence-corrected chi connectivity index (χ3v) is 13.8. The fourth-order valence-electron chi connectivity index (χ4n) is 8.97. The van der Waals surface area contributed by atoms with Gasteiger partial charge < -0.3 is 14.2 Å². The van der Waals surface area contributed by atoms with Crippen LogP contribution in [0.2, 0.25) is 0 Å². The number of hydrogen-bond donors (Lipinski definition) is 0. The van der Waals surface area contributed by atoms with Crippen molar-refractivity contribution in [3.63, 3.8) is 0 Å². The van der Waals surface area contributed by atoms with Gasteiger partial charge in [0.05, 0.1) is 0 Å². The lowest BCUT2D eigenvalue weighted by atomic mass is 10.0. The number of rotatable bonds is 58. The summed E-state index contributed by atoms with van der Waals surface area (Å²) in [5.41, 5.74) is 0. The SMILES string of the molecule is CC/C=C\C/C=C\C/C=C\C/C=C\C/C=C\CCCCCCCCCCCCCCCC(=O)OCC(COC(=O)CCCCCCC/C=C\CCCCC)OC(=O)CCCCCCCCC/C=C\C/C=C\CCCCC. The molecule has 0 saturated carbocycles. The lowest BCUT2D eigenvalue weighted by Gasteiger charge is -2.18. The minimum atomic E-state index is -0.786. The molecule has 0 radical (unpaired) electrons. The Morgan fingerprint density at radius 1 is 0.276 bits per heavy atom. The molecule has 1 unspecified atom stereocenters. The largest absolute Gasteiger partial charge is 0.462 e. The van der Waals surface area contributed by atoms with E-state index in [1.807, 2.05) is 0 Å². The monoisotopic (exact) mass is 1060 g/mol. The van der Waals surface area contributed by atoms with Crippen LogP contribution in [-0.4, -0.2) is 37.2 Å². The van der Waals surface area contributed by atoms with Gasteiger partial charge in [0, 0.05) is 19.3 Å². The van der Waals surface area contributed by atoms with Gasteiger partial charge in [0.2, 0.25) is 0 Å². The number of hydrogen-bond acceptors (Lipinski definition) is 6. The molecule has 0 N–H and O–H groups in total. The summed E-state index contributed by atoms with van der Waals surface area (Å²) >= 11 is 0. The highest BCUT2D eigenvalue weighted by Crippen LogP contribution is 2.16. The Balaban J connectivity index is 4.25. The van der Waals surface area contributed by atoms with Crippen LogP contribution < -0.4 is 0 Å². The van der Waals surface area contributed by atoms with E-state index < -0.39 is 6.10 Å². The molecule has 0 aliphatic carbocycles. The first kappa shape index (κ1) is 72.3. The quantitative estimate of drug-likeness (QED) is 0.0261. The van der Waals surface area contributed by atoms with Crippen LogP contribution >= 0.6 is 0 Å². The molecule has 1 atom stereocenters. The molecular weight excluding hydrogens is 937 g/mol. The zero-order valence-corrected chi connectivity index (χ0v) is 50.0. The first-order valence-electron chi connectivity index (χ1n) is 32.2. The van der Waals surface area contributed by atoms with Crippen molar-refractivity contribution in [2.24, 2.45) is 0 Å². The Bertz CT molecular complexity index is 1490. The van der Waals surface area contributed by atoms with E-state index in [2.05, 4.69) is 118 Å². The molecule has 0 bridgehead atoms. The summed E-state index contributed by atoms with van der Waals surface area (Å²) in [6, 6.07) is 0. The fraction of sp³-hybridized carbons (Fsp3) is 0.729. The predicted octanol–water partition coefficient (Wildman–Crippen LogP) is 22.0. The topological polar surface area (TPSA) is 78.9 Å². The van der Waals surface area contributed by atoms with Crippen LogP contribution in [0.4, 0.5) is 0 Å². The normalized spacial score (nSPS) is 12.7. The summed E-state index contributed by atoms with van der Waals surface area (Å²) in [4.78, 5) is 38.3. The van der Waals surface area contributed by atoms with E-state index in [1.54, 1.807) is 0 Å². The van der Waals surface area contributed by atoms with E-state index in [-0.39, 0.29) is 31.1 Å². The van der Waals surface area contributed by atoms with Crippen LogP contribution in [0.25, 0.3) is 0 Å². The summed E-state index contributed by atoms with van der Waals surface area (Å²) in [5, 5.41) is 0. The van der Waals surface area contributed by atoms with Crippen molar-refractivity contribution in [1.29, 1.82) is 0 Å². The van der Waals surface area contributed by atoms with Crippen LogP contribution in [0, 0.1) is 0 Å². The minimum absolute atomic E-state index is 0.0824. The fourth-order valence-corrected chi connectivity index (χ4v) is 8.97. The maximum Gasteiger partial charge on any atom is 0.306 e. The van der Waals surface area contributed by atoms with Gasteiger partial charge in [-0.15, -0.1) is 0 Å². The van der Waals surface area contributed by atoms with Gasteiger partial charge in [-0.1, -0.05) is 266 Å². The van der Waals surface area contributed by atoms with E-state index in [4.69, 9.17) is 14.2 Å². The second-order valence-electron chi connectivity index (χ2n) is 21.3. The second-order valence-corrected chi connectivity index (χ2v) is 21.3. The smallest absolute Gasteiger partial charge is 0.306 e. The molecule has 0 aliphatic heterocycles. The molecule has 0 amide bonds. The van der Waals surface area contributed by atoms with Crippen molar-refractivity contribution in [3.8, 4) is 0 Å². The summed E-state index contributed by atoms with van der Waals surface area (Å²) in [5.74, 6) is -0.891. The van der Waals surface area contributed by atoms with E-state index >= 15 is 0 Å². The van der Waals surface area contributed by atoms with Crippen LogP contribution in [0.1, 0.15) is 310 Å². The van der Waals surface area contributed by atoms with Crippen molar-refractivity contribution >= 4 is 17.9 Å². The van der Waals surface area contributed by atoms with Crippen molar-refractivity contribution in [3.05, 3.63) is 97.2 Å². The van der Waals surface area contributed by atoms with Crippen LogP contribution in [0.3, 0.4) is 0 Å². The average molecular weight is 1060 g/mol. The molecule has 76 heavy (non-hydrogen) atoms. The molecule has 0 aromatic heterocycles. The van der Waals surface area contributed by atoms with Crippen molar-refractivity contribution in [2.45, 2.75) is 316 Å². The van der Waals surface area contributed by atoms with Crippen LogP contribution in [0.5, 0.6) is 0 Å². The van der Waals surface area contributed by atoms with Gasteiger partial charge >= 0.3 is 17.9 Å². The Hall–Kier alpha value is -3.67. The number of ether oxygens (including phenoxy) is 3. The van der Waals surface area contributed by atoms with Crippen LogP contribution in [0.15, 0.2) is 97.2 Å². The van der Waals surface area contributed by atoms with Gasteiger partial charge in [-0.3, -0.25) is 14.4 Å². The summed E-state index contributed by atoms with van der Waals surface area (Å²) < 4.78 is 16.9. The molecular formula is C70H120O6. The summed E-state index contributed by atoms with van der Waals surface area (Å²) in [6.07, 6.45) is 85.6. The van der Waals surface area contributed by atoms with E-state index in [9.17, 15) is 14.4 Å². The molecule has 436 valence electrons. The maximum atomic E-state index is 12.9. The first-order chi connectivity index (χ1) is 37.5. The van der Waals surface area contributed by atoms with Crippen LogP contribution in [-0.2, 0) is 28.6 Å². The van der Waals surface area contributed by atoms with E-state index in [0.717, 1.165) is 109 Å². The van der Waals surface area contributed by atoms with Gasteiger partial charge in [0.15, 0.2) is 6.10 Å². The lowest BCUT2D eigenvalue weighted by molar-refractivity contribution is -0.167. The second kappa shape index (κ2) is 63.9.